The Morgan fingerprint density at radius 3 is 3.10 bits per heavy atom. The fraction of sp³-hybridized carbons (Fsp3) is 0.846. The monoisotopic (exact) mass is 284 g/mol. The summed E-state index contributed by atoms with van der Waals surface area (Å²) in [4.78, 5) is 6.65. The van der Waals surface area contributed by atoms with E-state index in [4.69, 9.17) is 14.0 Å². The second kappa shape index (κ2) is 7.68. The fourth-order valence-electron chi connectivity index (χ4n) is 2.31. The van der Waals surface area contributed by atoms with Crippen LogP contribution in [0.15, 0.2) is 4.52 Å². The van der Waals surface area contributed by atoms with E-state index in [9.17, 15) is 0 Å². The van der Waals surface area contributed by atoms with E-state index in [0.717, 1.165) is 19.6 Å². The molecule has 0 radical (unpaired) electrons. The summed E-state index contributed by atoms with van der Waals surface area (Å²) in [6.07, 6.45) is 0.573. The van der Waals surface area contributed by atoms with E-state index in [1.165, 1.54) is 0 Å². The number of ether oxygens (including phenoxy) is 2. The quantitative estimate of drug-likeness (QED) is 0.769. The van der Waals surface area contributed by atoms with Crippen LogP contribution in [-0.4, -0.2) is 68.1 Å². The molecule has 0 aliphatic carbocycles. The van der Waals surface area contributed by atoms with Crippen molar-refractivity contribution in [1.29, 1.82) is 0 Å². The highest BCUT2D eigenvalue weighted by Gasteiger charge is 2.25. The van der Waals surface area contributed by atoms with Crippen molar-refractivity contribution in [3.63, 3.8) is 0 Å². The summed E-state index contributed by atoms with van der Waals surface area (Å²) in [6.45, 7) is 6.01. The topological polar surface area (TPSA) is 72.7 Å². The first-order chi connectivity index (χ1) is 9.72. The molecule has 2 rings (SSSR count). The lowest BCUT2D eigenvalue weighted by atomic mass is 10.2. The highest BCUT2D eigenvalue weighted by molar-refractivity contribution is 4.95. The Bertz CT molecular complexity index is 393. The number of aromatic nitrogens is 2. The molecule has 7 nitrogen and oxygen atoms in total. The van der Waals surface area contributed by atoms with Gasteiger partial charge < -0.3 is 24.2 Å². The summed E-state index contributed by atoms with van der Waals surface area (Å²) in [5, 5.41) is 7.38. The van der Waals surface area contributed by atoms with E-state index in [1.54, 1.807) is 7.11 Å². The predicted octanol–water partition coefficient (Wildman–Crippen LogP) is 0.240. The van der Waals surface area contributed by atoms with Crippen LogP contribution in [-0.2, 0) is 15.9 Å². The van der Waals surface area contributed by atoms with Crippen molar-refractivity contribution < 1.29 is 14.0 Å². The molecule has 1 saturated heterocycles. The van der Waals surface area contributed by atoms with Crippen molar-refractivity contribution in [3.8, 4) is 0 Å². The van der Waals surface area contributed by atoms with Crippen molar-refractivity contribution >= 4 is 0 Å². The lowest BCUT2D eigenvalue weighted by molar-refractivity contribution is -0.0264. The van der Waals surface area contributed by atoms with E-state index in [-0.39, 0.29) is 12.1 Å². The average Bonchev–Trinajstić information content (AvgIpc) is 2.88. The van der Waals surface area contributed by atoms with Gasteiger partial charge in [-0.2, -0.15) is 4.98 Å². The molecule has 2 atom stereocenters. The van der Waals surface area contributed by atoms with Gasteiger partial charge in [0.2, 0.25) is 11.7 Å². The lowest BCUT2D eigenvalue weighted by Crippen LogP contribution is -2.36. The number of rotatable bonds is 7. The highest BCUT2D eigenvalue weighted by atomic mass is 16.5. The Labute approximate surface area is 119 Å². The summed E-state index contributed by atoms with van der Waals surface area (Å²) in [6, 6.07) is 0.188. The molecule has 0 aromatic carbocycles. The standard InChI is InChI=1S/C13H24N4O3/c1-4-14-10(9-18-3)7-12-15-13(16-20-12)11-8-17(2)5-6-19-11/h10-11,14H,4-9H2,1-3H3. The third-order valence-corrected chi connectivity index (χ3v) is 3.32. The van der Waals surface area contributed by atoms with E-state index in [2.05, 4.69) is 34.3 Å². The van der Waals surface area contributed by atoms with Crippen LogP contribution in [0.4, 0.5) is 0 Å². The molecular weight excluding hydrogens is 260 g/mol. The molecule has 2 unspecified atom stereocenters. The van der Waals surface area contributed by atoms with Crippen LogP contribution in [0.1, 0.15) is 24.7 Å². The third-order valence-electron chi connectivity index (χ3n) is 3.32. The molecule has 1 aromatic heterocycles. The molecule has 114 valence electrons. The summed E-state index contributed by atoms with van der Waals surface area (Å²) in [7, 11) is 3.76. The number of hydrogen-bond donors (Lipinski definition) is 1. The normalized spacial score (nSPS) is 22.1. The van der Waals surface area contributed by atoms with Crippen molar-refractivity contribution in [2.45, 2.75) is 25.5 Å². The molecule has 7 heteroatoms. The van der Waals surface area contributed by atoms with E-state index in [0.29, 0.717) is 31.3 Å². The molecule has 1 N–H and O–H groups in total. The lowest BCUT2D eigenvalue weighted by Gasteiger charge is -2.27. The number of nitrogens with one attached hydrogen (secondary N) is 1. The van der Waals surface area contributed by atoms with Crippen LogP contribution in [0.25, 0.3) is 0 Å². The number of morpholine rings is 1. The van der Waals surface area contributed by atoms with E-state index >= 15 is 0 Å². The van der Waals surface area contributed by atoms with Gasteiger partial charge in [0.25, 0.3) is 0 Å². The van der Waals surface area contributed by atoms with Crippen molar-refractivity contribution in [2.75, 3.05) is 47.0 Å². The Balaban J connectivity index is 1.93. The average molecular weight is 284 g/mol. The van der Waals surface area contributed by atoms with Gasteiger partial charge in [-0.15, -0.1) is 0 Å². The molecule has 0 bridgehead atoms. The maximum atomic E-state index is 5.68. The highest BCUT2D eigenvalue weighted by Crippen LogP contribution is 2.19. The molecule has 1 aliphatic heterocycles. The fourth-order valence-corrected chi connectivity index (χ4v) is 2.31. The Kier molecular flexibility index (Phi) is 5.90. The van der Waals surface area contributed by atoms with Gasteiger partial charge >= 0.3 is 0 Å². The molecule has 1 aliphatic rings. The summed E-state index contributed by atoms with van der Waals surface area (Å²) >= 11 is 0. The van der Waals surface area contributed by atoms with Gasteiger partial charge in [0.1, 0.15) is 6.10 Å². The number of hydrogen-bond acceptors (Lipinski definition) is 7. The van der Waals surface area contributed by atoms with Crippen LogP contribution in [0.3, 0.4) is 0 Å². The van der Waals surface area contributed by atoms with Gasteiger partial charge in [-0.25, -0.2) is 0 Å². The smallest absolute Gasteiger partial charge is 0.228 e. The second-order valence-corrected chi connectivity index (χ2v) is 5.08. The van der Waals surface area contributed by atoms with Gasteiger partial charge in [-0.1, -0.05) is 12.1 Å². The minimum absolute atomic E-state index is 0.0914. The minimum Gasteiger partial charge on any atom is -0.383 e. The molecular formula is C13H24N4O3. The van der Waals surface area contributed by atoms with E-state index < -0.39 is 0 Å². The van der Waals surface area contributed by atoms with Crippen LogP contribution in [0, 0.1) is 0 Å². The van der Waals surface area contributed by atoms with Crippen molar-refractivity contribution in [2.24, 2.45) is 0 Å². The molecule has 20 heavy (non-hydrogen) atoms. The first-order valence-electron chi connectivity index (χ1n) is 7.07. The zero-order valence-electron chi connectivity index (χ0n) is 12.5. The maximum Gasteiger partial charge on any atom is 0.228 e. The van der Waals surface area contributed by atoms with Gasteiger partial charge in [-0.05, 0) is 13.6 Å². The van der Waals surface area contributed by atoms with Gasteiger partial charge in [0, 0.05) is 32.7 Å². The van der Waals surface area contributed by atoms with Crippen molar-refractivity contribution in [1.82, 2.24) is 20.4 Å². The maximum absolute atomic E-state index is 5.68. The molecule has 0 amide bonds. The summed E-state index contributed by atoms with van der Waals surface area (Å²) < 4.78 is 16.2. The van der Waals surface area contributed by atoms with Crippen LogP contribution < -0.4 is 5.32 Å². The zero-order chi connectivity index (χ0) is 14.4. The van der Waals surface area contributed by atoms with Crippen LogP contribution >= 0.6 is 0 Å². The second-order valence-electron chi connectivity index (χ2n) is 5.08. The molecule has 1 fully saturated rings. The molecule has 1 aromatic rings. The van der Waals surface area contributed by atoms with Crippen molar-refractivity contribution in [3.05, 3.63) is 11.7 Å². The molecule has 0 saturated carbocycles. The number of methoxy groups -OCH3 is 1. The summed E-state index contributed by atoms with van der Waals surface area (Å²) in [5.41, 5.74) is 0. The number of nitrogens with zero attached hydrogens (tertiary/aromatic N) is 3. The predicted molar refractivity (Wildman–Crippen MR) is 73.5 cm³/mol. The molecule has 2 heterocycles. The molecule has 0 spiro atoms. The first-order valence-corrected chi connectivity index (χ1v) is 7.07. The van der Waals surface area contributed by atoms with Gasteiger partial charge in [0.05, 0.1) is 13.2 Å². The van der Waals surface area contributed by atoms with Gasteiger partial charge in [-0.3, -0.25) is 0 Å². The van der Waals surface area contributed by atoms with Gasteiger partial charge in [0.15, 0.2) is 0 Å². The Hall–Kier alpha value is -1.02. The minimum atomic E-state index is -0.0914. The zero-order valence-corrected chi connectivity index (χ0v) is 12.5. The van der Waals surface area contributed by atoms with E-state index in [1.807, 2.05) is 0 Å². The number of likely N-dealkylation sites (N-methyl/N-ethyl adjacent to an activating group) is 2. The summed E-state index contributed by atoms with van der Waals surface area (Å²) in [5.74, 6) is 1.26. The van der Waals surface area contributed by atoms with Crippen LogP contribution in [0.2, 0.25) is 0 Å². The SMILES string of the molecule is CCNC(COC)Cc1nc(C2CN(C)CCO2)no1. The Morgan fingerprint density at radius 2 is 2.40 bits per heavy atom. The van der Waals surface area contributed by atoms with Crippen LogP contribution in [0.5, 0.6) is 0 Å². The Morgan fingerprint density at radius 1 is 1.55 bits per heavy atom. The largest absolute Gasteiger partial charge is 0.383 e. The first kappa shape index (κ1) is 15.4. The third kappa shape index (κ3) is 4.24.